The van der Waals surface area contributed by atoms with Crippen LogP contribution in [0.3, 0.4) is 0 Å². The van der Waals surface area contributed by atoms with Crippen LogP contribution in [0.5, 0.6) is 5.75 Å². The minimum Gasteiger partial charge on any atom is -0.489 e. The third-order valence-corrected chi connectivity index (χ3v) is 2.42. The Hall–Kier alpha value is -1.14. The molecule has 1 atom stereocenters. The van der Waals surface area contributed by atoms with Gasteiger partial charge in [-0.15, -0.1) is 0 Å². The van der Waals surface area contributed by atoms with Crippen LogP contribution in [0.1, 0.15) is 6.92 Å². The molecule has 1 unspecified atom stereocenters. The molecule has 0 heterocycles. The molecule has 0 aliphatic heterocycles. The van der Waals surface area contributed by atoms with Crippen molar-refractivity contribution in [3.63, 3.8) is 0 Å². The van der Waals surface area contributed by atoms with E-state index in [9.17, 15) is 10.1 Å². The molecular formula is C9H10BrNO4. The van der Waals surface area contributed by atoms with Gasteiger partial charge in [0.15, 0.2) is 0 Å². The van der Waals surface area contributed by atoms with Crippen LogP contribution >= 0.6 is 15.9 Å². The van der Waals surface area contributed by atoms with Gasteiger partial charge in [-0.05, 0) is 28.9 Å². The molecule has 0 aromatic heterocycles. The van der Waals surface area contributed by atoms with Gasteiger partial charge in [0.2, 0.25) is 0 Å². The monoisotopic (exact) mass is 275 g/mol. The number of ether oxygens (including phenoxy) is 1. The maximum atomic E-state index is 10.6. The summed E-state index contributed by atoms with van der Waals surface area (Å²) in [6.07, 6.45) is -0.615. The summed E-state index contributed by atoms with van der Waals surface area (Å²) in [6, 6.07) is 4.50. The summed E-state index contributed by atoms with van der Waals surface area (Å²) in [5, 5.41) is 19.6. The summed E-state index contributed by atoms with van der Waals surface area (Å²) in [6.45, 7) is 1.67. The lowest BCUT2D eigenvalue weighted by Crippen LogP contribution is -2.13. The van der Waals surface area contributed by atoms with E-state index in [2.05, 4.69) is 15.9 Å². The lowest BCUT2D eigenvalue weighted by Gasteiger charge is -2.09. The zero-order chi connectivity index (χ0) is 11.4. The first-order valence-electron chi connectivity index (χ1n) is 4.26. The Morgan fingerprint density at radius 2 is 2.33 bits per heavy atom. The highest BCUT2D eigenvalue weighted by Crippen LogP contribution is 2.33. The zero-order valence-corrected chi connectivity index (χ0v) is 9.60. The van der Waals surface area contributed by atoms with Crippen molar-refractivity contribution in [1.82, 2.24) is 0 Å². The summed E-state index contributed by atoms with van der Waals surface area (Å²) in [5.41, 5.74) is -0.0573. The molecule has 1 N–H and O–H groups in total. The van der Waals surface area contributed by atoms with Gasteiger partial charge in [-0.1, -0.05) is 6.07 Å². The first-order chi connectivity index (χ1) is 7.02. The molecule has 1 rings (SSSR count). The highest BCUT2D eigenvalue weighted by atomic mass is 79.9. The van der Waals surface area contributed by atoms with Crippen LogP contribution in [0.15, 0.2) is 22.7 Å². The van der Waals surface area contributed by atoms with Gasteiger partial charge in [-0.25, -0.2) is 0 Å². The molecule has 0 bridgehead atoms. The Morgan fingerprint density at radius 3 is 2.87 bits per heavy atom. The van der Waals surface area contributed by atoms with E-state index in [4.69, 9.17) is 9.84 Å². The zero-order valence-electron chi connectivity index (χ0n) is 8.01. The van der Waals surface area contributed by atoms with Crippen molar-refractivity contribution in [1.29, 1.82) is 0 Å². The standard InChI is InChI=1S/C9H10BrNO4/c1-6(12)5-15-8-4-2-3-7(9(8)10)11(13)14/h2-4,6,12H,5H2,1H3. The second kappa shape index (κ2) is 5.09. The van der Waals surface area contributed by atoms with Crippen LogP contribution in [0.2, 0.25) is 0 Å². The summed E-state index contributed by atoms with van der Waals surface area (Å²) >= 11 is 3.08. The van der Waals surface area contributed by atoms with Crippen molar-refractivity contribution in [2.75, 3.05) is 6.61 Å². The van der Waals surface area contributed by atoms with Gasteiger partial charge in [-0.2, -0.15) is 0 Å². The first kappa shape index (κ1) is 11.9. The maximum Gasteiger partial charge on any atom is 0.287 e. The largest absolute Gasteiger partial charge is 0.489 e. The van der Waals surface area contributed by atoms with Crippen LogP contribution in [-0.2, 0) is 0 Å². The summed E-state index contributed by atoms with van der Waals surface area (Å²) in [4.78, 5) is 10.1. The fraction of sp³-hybridized carbons (Fsp3) is 0.333. The van der Waals surface area contributed by atoms with Crippen molar-refractivity contribution in [3.05, 3.63) is 32.8 Å². The maximum absolute atomic E-state index is 10.6. The highest BCUT2D eigenvalue weighted by molar-refractivity contribution is 9.10. The SMILES string of the molecule is CC(O)COc1cccc([N+](=O)[O-])c1Br. The summed E-state index contributed by atoms with van der Waals surface area (Å²) in [5.74, 6) is 0.352. The van der Waals surface area contributed by atoms with E-state index < -0.39 is 11.0 Å². The number of aliphatic hydroxyl groups is 1. The molecule has 1 aromatic carbocycles. The molecule has 82 valence electrons. The van der Waals surface area contributed by atoms with Crippen LogP contribution in [0.4, 0.5) is 5.69 Å². The number of aliphatic hydroxyl groups excluding tert-OH is 1. The molecule has 0 saturated carbocycles. The third-order valence-electron chi connectivity index (χ3n) is 1.62. The molecule has 0 aliphatic carbocycles. The van der Waals surface area contributed by atoms with Gasteiger partial charge in [-0.3, -0.25) is 10.1 Å². The molecule has 6 heteroatoms. The van der Waals surface area contributed by atoms with Gasteiger partial charge in [0.05, 0.1) is 11.0 Å². The molecule has 0 spiro atoms. The Morgan fingerprint density at radius 1 is 1.67 bits per heavy atom. The highest BCUT2D eigenvalue weighted by Gasteiger charge is 2.15. The molecule has 0 radical (unpaired) electrons. The number of hydrogen-bond donors (Lipinski definition) is 1. The smallest absolute Gasteiger partial charge is 0.287 e. The second-order valence-electron chi connectivity index (χ2n) is 3.01. The number of hydrogen-bond acceptors (Lipinski definition) is 4. The van der Waals surface area contributed by atoms with Crippen LogP contribution in [-0.4, -0.2) is 22.7 Å². The number of nitrogens with zero attached hydrogens (tertiary/aromatic N) is 1. The van der Waals surface area contributed by atoms with Crippen molar-refractivity contribution >= 4 is 21.6 Å². The molecule has 0 amide bonds. The van der Waals surface area contributed by atoms with Crippen LogP contribution < -0.4 is 4.74 Å². The van der Waals surface area contributed by atoms with Crippen molar-refractivity contribution in [3.8, 4) is 5.75 Å². The lowest BCUT2D eigenvalue weighted by molar-refractivity contribution is -0.385. The predicted octanol–water partition coefficient (Wildman–Crippen LogP) is 2.12. The van der Waals surface area contributed by atoms with Gasteiger partial charge >= 0.3 is 0 Å². The summed E-state index contributed by atoms with van der Waals surface area (Å²) in [7, 11) is 0. The molecular weight excluding hydrogens is 266 g/mol. The van der Waals surface area contributed by atoms with Gasteiger partial charge in [0.1, 0.15) is 16.8 Å². The average molecular weight is 276 g/mol. The summed E-state index contributed by atoms with van der Waals surface area (Å²) < 4.78 is 5.48. The molecule has 0 fully saturated rings. The van der Waals surface area contributed by atoms with Gasteiger partial charge < -0.3 is 9.84 Å². The Kier molecular flexibility index (Phi) is 4.05. The van der Waals surface area contributed by atoms with Crippen molar-refractivity contribution in [2.24, 2.45) is 0 Å². The van der Waals surface area contributed by atoms with E-state index in [1.807, 2.05) is 0 Å². The molecule has 5 nitrogen and oxygen atoms in total. The van der Waals surface area contributed by atoms with E-state index in [1.54, 1.807) is 13.0 Å². The van der Waals surface area contributed by atoms with Crippen molar-refractivity contribution < 1.29 is 14.8 Å². The molecule has 0 aliphatic rings. The topological polar surface area (TPSA) is 72.6 Å². The quantitative estimate of drug-likeness (QED) is 0.675. The number of benzene rings is 1. The minimum atomic E-state index is -0.615. The third kappa shape index (κ3) is 3.17. The first-order valence-corrected chi connectivity index (χ1v) is 5.05. The number of rotatable bonds is 4. The average Bonchev–Trinajstić information content (AvgIpc) is 2.15. The Labute approximate surface area is 95.0 Å². The number of halogens is 1. The number of nitro groups is 1. The molecule has 0 saturated heterocycles. The number of nitro benzene ring substituents is 1. The van der Waals surface area contributed by atoms with Gasteiger partial charge in [0, 0.05) is 6.07 Å². The fourth-order valence-corrected chi connectivity index (χ4v) is 1.49. The van der Waals surface area contributed by atoms with E-state index in [0.717, 1.165) is 0 Å². The normalized spacial score (nSPS) is 12.2. The molecule has 15 heavy (non-hydrogen) atoms. The van der Waals surface area contributed by atoms with E-state index in [-0.39, 0.29) is 16.8 Å². The van der Waals surface area contributed by atoms with E-state index in [0.29, 0.717) is 5.75 Å². The molecule has 1 aromatic rings. The van der Waals surface area contributed by atoms with Crippen molar-refractivity contribution in [2.45, 2.75) is 13.0 Å². The lowest BCUT2D eigenvalue weighted by atomic mass is 10.3. The Balaban J connectivity index is 2.89. The second-order valence-corrected chi connectivity index (χ2v) is 3.80. The van der Waals surface area contributed by atoms with Crippen LogP contribution in [0.25, 0.3) is 0 Å². The minimum absolute atomic E-state index is 0.0573. The predicted molar refractivity (Wildman–Crippen MR) is 58.0 cm³/mol. The van der Waals surface area contributed by atoms with E-state index in [1.165, 1.54) is 12.1 Å². The van der Waals surface area contributed by atoms with Crippen LogP contribution in [0, 0.1) is 10.1 Å². The fourth-order valence-electron chi connectivity index (χ4n) is 0.962. The van der Waals surface area contributed by atoms with Gasteiger partial charge in [0.25, 0.3) is 5.69 Å². The van der Waals surface area contributed by atoms with E-state index >= 15 is 0 Å². The Bertz CT molecular complexity index is 367.